The first kappa shape index (κ1) is 26.9. The monoisotopic (exact) mass is 535 g/mol. The third-order valence-electron chi connectivity index (χ3n) is 5.69. The number of hydrogen-bond acceptors (Lipinski definition) is 7. The Balaban J connectivity index is 1.45. The number of fused-ring (bicyclic) bond motifs is 1. The third kappa shape index (κ3) is 6.23. The Morgan fingerprint density at radius 2 is 1.95 bits per heavy atom. The number of aromatic amines is 1. The van der Waals surface area contributed by atoms with Crippen molar-refractivity contribution in [1.29, 1.82) is 0 Å². The zero-order valence-electron chi connectivity index (χ0n) is 19.9. The molecule has 3 N–H and O–H groups in total. The summed E-state index contributed by atoms with van der Waals surface area (Å²) < 4.78 is 55.7. The van der Waals surface area contributed by atoms with Gasteiger partial charge in [0, 0.05) is 28.9 Å². The summed E-state index contributed by atoms with van der Waals surface area (Å²) in [6.45, 7) is 0.229. The molecule has 10 nitrogen and oxygen atoms in total. The molecule has 2 amide bonds. The second-order valence-electron chi connectivity index (χ2n) is 8.30. The molecule has 2 heterocycles. The fourth-order valence-corrected chi connectivity index (χ4v) is 3.96. The molecule has 0 saturated carbocycles. The number of benzene rings is 2. The molecule has 38 heavy (non-hydrogen) atoms. The number of amides is 2. The number of anilines is 1. The summed E-state index contributed by atoms with van der Waals surface area (Å²) >= 11 is 0. The van der Waals surface area contributed by atoms with E-state index in [9.17, 15) is 27.6 Å². The second-order valence-corrected chi connectivity index (χ2v) is 8.30. The molecule has 0 aliphatic carbocycles. The number of halogens is 3. The molecule has 0 radical (unpaired) electrons. The van der Waals surface area contributed by atoms with Crippen LogP contribution in [0.15, 0.2) is 53.3 Å². The SMILES string of the molecule is O=C(NCCOCCO)OCC1CN(c2ccc3cc(-c4ccccc4C(F)(F)F)[nH]c(=O)c3c2)C(=O)O1. The van der Waals surface area contributed by atoms with E-state index in [1.807, 2.05) is 0 Å². The lowest BCUT2D eigenvalue weighted by Gasteiger charge is -2.15. The van der Waals surface area contributed by atoms with Gasteiger partial charge in [-0.05, 0) is 29.7 Å². The minimum Gasteiger partial charge on any atom is -0.446 e. The molecule has 3 aromatic rings. The maximum absolute atomic E-state index is 13.5. The van der Waals surface area contributed by atoms with Gasteiger partial charge in [0.05, 0.1) is 31.9 Å². The number of alkyl carbamates (subject to hydrolysis) is 1. The van der Waals surface area contributed by atoms with Crippen molar-refractivity contribution in [3.05, 3.63) is 64.4 Å². The van der Waals surface area contributed by atoms with Crippen molar-refractivity contribution in [3.63, 3.8) is 0 Å². The summed E-state index contributed by atoms with van der Waals surface area (Å²) in [6, 6.07) is 10.9. The van der Waals surface area contributed by atoms with Crippen molar-refractivity contribution in [3.8, 4) is 11.3 Å². The number of pyridine rings is 1. The molecular weight excluding hydrogens is 511 g/mol. The van der Waals surface area contributed by atoms with Crippen LogP contribution in [-0.4, -0.2) is 67.9 Å². The van der Waals surface area contributed by atoms with E-state index in [1.165, 1.54) is 41.3 Å². The Bertz CT molecular complexity index is 1380. The lowest BCUT2D eigenvalue weighted by molar-refractivity contribution is -0.137. The van der Waals surface area contributed by atoms with Crippen LogP contribution in [0.2, 0.25) is 0 Å². The number of aliphatic hydroxyl groups is 1. The highest BCUT2D eigenvalue weighted by Gasteiger charge is 2.35. The van der Waals surface area contributed by atoms with Gasteiger partial charge in [0.25, 0.3) is 5.56 Å². The number of hydrogen-bond donors (Lipinski definition) is 3. The molecule has 4 rings (SSSR count). The van der Waals surface area contributed by atoms with Crippen LogP contribution in [0.1, 0.15) is 5.56 Å². The van der Waals surface area contributed by atoms with Gasteiger partial charge in [-0.2, -0.15) is 13.2 Å². The number of aliphatic hydroxyl groups excluding tert-OH is 1. The van der Waals surface area contributed by atoms with Crippen molar-refractivity contribution < 1.29 is 42.1 Å². The Hall–Kier alpha value is -4.10. The first-order valence-electron chi connectivity index (χ1n) is 11.6. The Kier molecular flexibility index (Phi) is 8.17. The number of aromatic nitrogens is 1. The van der Waals surface area contributed by atoms with E-state index in [4.69, 9.17) is 19.3 Å². The molecule has 1 saturated heterocycles. The molecule has 1 atom stereocenters. The number of alkyl halides is 3. The van der Waals surface area contributed by atoms with Crippen LogP contribution in [0.3, 0.4) is 0 Å². The standard InChI is InChI=1S/C25H24F3N3O7/c26-25(27,28)20-4-2-1-3-18(20)21-11-15-5-6-16(12-19(15)22(33)30-21)31-13-17(38-24(31)35)14-37-23(34)29-7-9-36-10-8-32/h1-6,11-12,17,32H,7-10,13-14H2,(H,29,34)(H,30,33). The molecule has 0 spiro atoms. The van der Waals surface area contributed by atoms with Crippen LogP contribution in [0.25, 0.3) is 22.0 Å². The Morgan fingerprint density at radius 3 is 2.71 bits per heavy atom. The summed E-state index contributed by atoms with van der Waals surface area (Å²) in [7, 11) is 0. The number of nitrogens with zero attached hydrogens (tertiary/aromatic N) is 1. The molecule has 202 valence electrons. The topological polar surface area (TPSA) is 130 Å². The molecule has 13 heteroatoms. The van der Waals surface area contributed by atoms with Crippen molar-refractivity contribution >= 4 is 28.6 Å². The molecule has 1 aromatic heterocycles. The van der Waals surface area contributed by atoms with Crippen LogP contribution in [0.4, 0.5) is 28.4 Å². The maximum Gasteiger partial charge on any atom is 0.417 e. The van der Waals surface area contributed by atoms with Crippen molar-refractivity contribution in [2.24, 2.45) is 0 Å². The van der Waals surface area contributed by atoms with Gasteiger partial charge in [0.2, 0.25) is 0 Å². The minimum atomic E-state index is -4.60. The van der Waals surface area contributed by atoms with E-state index in [0.717, 1.165) is 6.07 Å². The number of ether oxygens (including phenoxy) is 3. The van der Waals surface area contributed by atoms with E-state index in [0.29, 0.717) is 11.1 Å². The zero-order chi connectivity index (χ0) is 27.3. The second kappa shape index (κ2) is 11.5. The van der Waals surface area contributed by atoms with Crippen molar-refractivity contribution in [1.82, 2.24) is 10.3 Å². The first-order chi connectivity index (χ1) is 18.2. The number of H-pyrrole nitrogens is 1. The molecule has 0 bridgehead atoms. The summed E-state index contributed by atoms with van der Waals surface area (Å²) in [5, 5.41) is 11.6. The number of carbonyl (C=O) groups excluding carboxylic acids is 2. The number of rotatable bonds is 9. The average molecular weight is 535 g/mol. The van der Waals surface area contributed by atoms with Crippen LogP contribution in [0.5, 0.6) is 0 Å². The van der Waals surface area contributed by atoms with Crippen LogP contribution in [0, 0.1) is 0 Å². The molecule has 1 fully saturated rings. The fraction of sp³-hybridized carbons (Fsp3) is 0.320. The molecular formula is C25H24F3N3O7. The van der Waals surface area contributed by atoms with Gasteiger partial charge in [0.15, 0.2) is 6.10 Å². The number of cyclic esters (lactones) is 1. The van der Waals surface area contributed by atoms with E-state index < -0.39 is 35.6 Å². The van der Waals surface area contributed by atoms with Crippen LogP contribution in [-0.2, 0) is 20.4 Å². The minimum absolute atomic E-state index is 0.0132. The van der Waals surface area contributed by atoms with E-state index in [1.54, 1.807) is 6.07 Å². The highest BCUT2D eigenvalue weighted by Crippen LogP contribution is 2.36. The van der Waals surface area contributed by atoms with E-state index >= 15 is 0 Å². The Morgan fingerprint density at radius 1 is 1.16 bits per heavy atom. The van der Waals surface area contributed by atoms with Gasteiger partial charge in [-0.3, -0.25) is 9.69 Å². The largest absolute Gasteiger partial charge is 0.446 e. The predicted octanol–water partition coefficient (Wildman–Crippen LogP) is 3.27. The van der Waals surface area contributed by atoms with Gasteiger partial charge in [0.1, 0.15) is 6.61 Å². The zero-order valence-corrected chi connectivity index (χ0v) is 19.9. The summed E-state index contributed by atoms with van der Waals surface area (Å²) in [6.07, 6.45) is -6.79. The van der Waals surface area contributed by atoms with Gasteiger partial charge in [-0.15, -0.1) is 0 Å². The highest BCUT2D eigenvalue weighted by molar-refractivity contribution is 5.94. The van der Waals surface area contributed by atoms with Crippen molar-refractivity contribution in [2.75, 3.05) is 44.4 Å². The molecule has 1 unspecified atom stereocenters. The maximum atomic E-state index is 13.5. The normalized spacial score (nSPS) is 15.5. The first-order valence-corrected chi connectivity index (χ1v) is 11.6. The number of nitrogens with one attached hydrogen (secondary N) is 2. The van der Waals surface area contributed by atoms with E-state index in [-0.39, 0.29) is 56.2 Å². The van der Waals surface area contributed by atoms with Crippen molar-refractivity contribution in [2.45, 2.75) is 12.3 Å². The number of carbonyl (C=O) groups is 2. The molecule has 1 aliphatic rings. The van der Waals surface area contributed by atoms with Gasteiger partial charge in [-0.25, -0.2) is 9.59 Å². The van der Waals surface area contributed by atoms with E-state index in [2.05, 4.69) is 10.3 Å². The lowest BCUT2D eigenvalue weighted by Crippen LogP contribution is -2.32. The van der Waals surface area contributed by atoms with Gasteiger partial charge < -0.3 is 29.6 Å². The summed E-state index contributed by atoms with van der Waals surface area (Å²) in [5.74, 6) is 0. The quantitative estimate of drug-likeness (QED) is 0.359. The molecule has 2 aromatic carbocycles. The predicted molar refractivity (Wildman–Crippen MR) is 130 cm³/mol. The fourth-order valence-electron chi connectivity index (χ4n) is 3.96. The van der Waals surface area contributed by atoms with Gasteiger partial charge >= 0.3 is 18.4 Å². The summed E-state index contributed by atoms with van der Waals surface area (Å²) in [5.41, 5.74) is -1.30. The smallest absolute Gasteiger partial charge is 0.417 e. The Labute approximate surface area is 213 Å². The average Bonchev–Trinajstić information content (AvgIpc) is 3.27. The highest BCUT2D eigenvalue weighted by atomic mass is 19.4. The summed E-state index contributed by atoms with van der Waals surface area (Å²) in [4.78, 5) is 40.8. The van der Waals surface area contributed by atoms with Crippen LogP contribution >= 0.6 is 0 Å². The van der Waals surface area contributed by atoms with Crippen LogP contribution < -0.4 is 15.8 Å². The molecule has 1 aliphatic heterocycles. The lowest BCUT2D eigenvalue weighted by atomic mass is 10.0. The van der Waals surface area contributed by atoms with Gasteiger partial charge in [-0.1, -0.05) is 24.3 Å². The third-order valence-corrected chi connectivity index (χ3v) is 5.69.